The predicted octanol–water partition coefficient (Wildman–Crippen LogP) is 1.64. The first-order valence-electron chi connectivity index (χ1n) is 4.08. The topological polar surface area (TPSA) is 35.2 Å². The zero-order chi connectivity index (χ0) is 8.97. The van der Waals surface area contributed by atoms with Crippen molar-refractivity contribution >= 4 is 0 Å². The maximum atomic E-state index is 5.56. The summed E-state index contributed by atoms with van der Waals surface area (Å²) in [7, 11) is 1.68. The molecule has 0 aliphatic carbocycles. The van der Waals surface area contributed by atoms with Crippen molar-refractivity contribution in [3.63, 3.8) is 0 Å². The van der Waals surface area contributed by atoms with Gasteiger partial charge in [0.05, 0.1) is 6.10 Å². The molecule has 0 aromatic heterocycles. The van der Waals surface area contributed by atoms with Crippen LogP contribution in [0, 0.1) is 6.92 Å². The Kier molecular flexibility index (Phi) is 3.26. The fraction of sp³-hybridized carbons (Fsp3) is 0.400. The number of hydrogen-bond donors (Lipinski definition) is 1. The second kappa shape index (κ2) is 4.24. The third-order valence-electron chi connectivity index (χ3n) is 2.03. The van der Waals surface area contributed by atoms with E-state index in [1.165, 1.54) is 11.1 Å². The van der Waals surface area contributed by atoms with Crippen molar-refractivity contribution in [2.45, 2.75) is 13.0 Å². The molecule has 2 N–H and O–H groups in total. The fourth-order valence-electron chi connectivity index (χ4n) is 1.30. The van der Waals surface area contributed by atoms with E-state index in [-0.39, 0.29) is 6.10 Å². The van der Waals surface area contributed by atoms with E-state index in [0.29, 0.717) is 6.54 Å². The zero-order valence-electron chi connectivity index (χ0n) is 7.58. The van der Waals surface area contributed by atoms with Crippen LogP contribution in [0.25, 0.3) is 0 Å². The summed E-state index contributed by atoms with van der Waals surface area (Å²) in [5, 5.41) is 0. The van der Waals surface area contributed by atoms with Crippen molar-refractivity contribution < 1.29 is 4.74 Å². The summed E-state index contributed by atoms with van der Waals surface area (Å²) in [5.41, 5.74) is 7.97. The largest absolute Gasteiger partial charge is 0.375 e. The summed E-state index contributed by atoms with van der Waals surface area (Å²) in [5.74, 6) is 0. The summed E-state index contributed by atoms with van der Waals surface area (Å²) in [4.78, 5) is 0. The first kappa shape index (κ1) is 9.23. The Morgan fingerprint density at radius 2 is 2.08 bits per heavy atom. The highest BCUT2D eigenvalue weighted by molar-refractivity contribution is 5.27. The van der Waals surface area contributed by atoms with Crippen molar-refractivity contribution in [2.24, 2.45) is 5.73 Å². The number of rotatable bonds is 3. The second-order valence-corrected chi connectivity index (χ2v) is 2.82. The molecule has 66 valence electrons. The molecule has 2 heteroatoms. The van der Waals surface area contributed by atoms with Gasteiger partial charge in [-0.05, 0) is 18.1 Å². The van der Waals surface area contributed by atoms with E-state index in [9.17, 15) is 0 Å². The van der Waals surface area contributed by atoms with Gasteiger partial charge in [-0.1, -0.05) is 24.3 Å². The van der Waals surface area contributed by atoms with E-state index >= 15 is 0 Å². The average molecular weight is 165 g/mol. The van der Waals surface area contributed by atoms with Crippen LogP contribution in [0.2, 0.25) is 0 Å². The van der Waals surface area contributed by atoms with Crippen LogP contribution in [0.3, 0.4) is 0 Å². The van der Waals surface area contributed by atoms with Gasteiger partial charge in [-0.2, -0.15) is 0 Å². The Hall–Kier alpha value is -0.860. The predicted molar refractivity (Wildman–Crippen MR) is 50.0 cm³/mol. The molecule has 0 aliphatic heterocycles. The molecule has 0 unspecified atom stereocenters. The van der Waals surface area contributed by atoms with E-state index in [4.69, 9.17) is 10.5 Å². The Bertz CT molecular complexity index is 243. The van der Waals surface area contributed by atoms with Crippen LogP contribution in [0.5, 0.6) is 0 Å². The van der Waals surface area contributed by atoms with Gasteiger partial charge in [0.1, 0.15) is 0 Å². The molecule has 0 amide bonds. The minimum absolute atomic E-state index is 0.0335. The molecule has 1 rings (SSSR count). The molecule has 0 heterocycles. The number of benzene rings is 1. The molecule has 0 saturated heterocycles. The summed E-state index contributed by atoms with van der Waals surface area (Å²) in [6.45, 7) is 2.60. The maximum absolute atomic E-state index is 5.56. The molecule has 0 saturated carbocycles. The van der Waals surface area contributed by atoms with E-state index < -0.39 is 0 Å². The van der Waals surface area contributed by atoms with Gasteiger partial charge in [0, 0.05) is 13.7 Å². The first-order valence-corrected chi connectivity index (χ1v) is 4.08. The molecular formula is C10H15NO. The van der Waals surface area contributed by atoms with Crippen molar-refractivity contribution in [1.82, 2.24) is 0 Å². The van der Waals surface area contributed by atoms with Crippen molar-refractivity contribution in [3.05, 3.63) is 35.4 Å². The molecule has 1 aromatic rings. The lowest BCUT2D eigenvalue weighted by Crippen LogP contribution is -2.15. The lowest BCUT2D eigenvalue weighted by molar-refractivity contribution is 0.110. The lowest BCUT2D eigenvalue weighted by atomic mass is 10.0. The molecular weight excluding hydrogens is 150 g/mol. The molecule has 1 aromatic carbocycles. The van der Waals surface area contributed by atoms with Crippen LogP contribution in [-0.2, 0) is 4.74 Å². The normalized spacial score (nSPS) is 12.9. The van der Waals surface area contributed by atoms with Gasteiger partial charge in [0.15, 0.2) is 0 Å². The van der Waals surface area contributed by atoms with Crippen LogP contribution in [0.1, 0.15) is 17.2 Å². The summed E-state index contributed by atoms with van der Waals surface area (Å²) in [6.07, 6.45) is 0.0335. The van der Waals surface area contributed by atoms with Gasteiger partial charge in [0.2, 0.25) is 0 Å². The average Bonchev–Trinajstić information content (AvgIpc) is 2.10. The second-order valence-electron chi connectivity index (χ2n) is 2.82. The monoisotopic (exact) mass is 165 g/mol. The van der Waals surface area contributed by atoms with Gasteiger partial charge in [-0.3, -0.25) is 0 Å². The van der Waals surface area contributed by atoms with Crippen molar-refractivity contribution in [3.8, 4) is 0 Å². The summed E-state index contributed by atoms with van der Waals surface area (Å²) < 4.78 is 5.24. The van der Waals surface area contributed by atoms with Crippen molar-refractivity contribution in [1.29, 1.82) is 0 Å². The van der Waals surface area contributed by atoms with Gasteiger partial charge in [-0.15, -0.1) is 0 Å². The zero-order valence-corrected chi connectivity index (χ0v) is 7.58. The van der Waals surface area contributed by atoms with Gasteiger partial charge >= 0.3 is 0 Å². The Morgan fingerprint density at radius 1 is 1.42 bits per heavy atom. The van der Waals surface area contributed by atoms with Crippen LogP contribution in [-0.4, -0.2) is 13.7 Å². The molecule has 0 fully saturated rings. The maximum Gasteiger partial charge on any atom is 0.0945 e. The number of nitrogens with two attached hydrogens (primary N) is 1. The smallest absolute Gasteiger partial charge is 0.0945 e. The SMILES string of the molecule is CO[C@H](CN)c1ccccc1C. The Balaban J connectivity index is 2.92. The molecule has 0 radical (unpaired) electrons. The van der Waals surface area contributed by atoms with E-state index in [0.717, 1.165) is 0 Å². The molecule has 12 heavy (non-hydrogen) atoms. The Labute approximate surface area is 73.3 Å². The first-order chi connectivity index (χ1) is 5.79. The molecule has 1 atom stereocenters. The lowest BCUT2D eigenvalue weighted by Gasteiger charge is -2.15. The quantitative estimate of drug-likeness (QED) is 0.739. The molecule has 2 nitrogen and oxygen atoms in total. The van der Waals surface area contributed by atoms with Crippen LogP contribution < -0.4 is 5.73 Å². The fourth-order valence-corrected chi connectivity index (χ4v) is 1.30. The molecule has 0 bridgehead atoms. The number of ether oxygens (including phenoxy) is 1. The summed E-state index contributed by atoms with van der Waals surface area (Å²) >= 11 is 0. The third kappa shape index (κ3) is 1.84. The van der Waals surface area contributed by atoms with Crippen LogP contribution in [0.4, 0.5) is 0 Å². The molecule has 0 aliphatic rings. The highest BCUT2D eigenvalue weighted by atomic mass is 16.5. The van der Waals surface area contributed by atoms with Crippen LogP contribution in [0.15, 0.2) is 24.3 Å². The van der Waals surface area contributed by atoms with E-state index in [2.05, 4.69) is 19.1 Å². The Morgan fingerprint density at radius 3 is 2.58 bits per heavy atom. The number of methoxy groups -OCH3 is 1. The molecule has 0 spiro atoms. The van der Waals surface area contributed by atoms with Gasteiger partial charge < -0.3 is 10.5 Å². The summed E-state index contributed by atoms with van der Waals surface area (Å²) in [6, 6.07) is 8.14. The van der Waals surface area contributed by atoms with Crippen LogP contribution >= 0.6 is 0 Å². The third-order valence-corrected chi connectivity index (χ3v) is 2.03. The van der Waals surface area contributed by atoms with Crippen molar-refractivity contribution in [2.75, 3.05) is 13.7 Å². The van der Waals surface area contributed by atoms with Gasteiger partial charge in [-0.25, -0.2) is 0 Å². The van der Waals surface area contributed by atoms with E-state index in [1.54, 1.807) is 7.11 Å². The number of hydrogen-bond acceptors (Lipinski definition) is 2. The standard InChI is InChI=1S/C10H15NO/c1-8-5-3-4-6-9(8)10(7-11)12-2/h3-6,10H,7,11H2,1-2H3/t10-/m1/s1. The van der Waals surface area contributed by atoms with Gasteiger partial charge in [0.25, 0.3) is 0 Å². The highest BCUT2D eigenvalue weighted by Gasteiger charge is 2.09. The van der Waals surface area contributed by atoms with E-state index in [1.807, 2.05) is 12.1 Å². The minimum Gasteiger partial charge on any atom is -0.375 e. The minimum atomic E-state index is 0.0335. The highest BCUT2D eigenvalue weighted by Crippen LogP contribution is 2.18. The number of aryl methyl sites for hydroxylation is 1.